The average molecular weight is 442 g/mol. The predicted molar refractivity (Wildman–Crippen MR) is 117 cm³/mol. The van der Waals surface area contributed by atoms with Crippen LogP contribution >= 0.6 is 0 Å². The fourth-order valence-electron chi connectivity index (χ4n) is 9.45. The van der Waals surface area contributed by atoms with Crippen molar-refractivity contribution in [2.45, 2.75) is 77.4 Å². The number of fused-ring (bicyclic) bond motifs is 7. The van der Waals surface area contributed by atoms with Crippen LogP contribution in [0.4, 0.5) is 5.69 Å². The monoisotopic (exact) mass is 441 g/mol. The van der Waals surface area contributed by atoms with Crippen LogP contribution in [0.25, 0.3) is 0 Å². The van der Waals surface area contributed by atoms with Crippen molar-refractivity contribution >= 4 is 11.5 Å². The Balaban J connectivity index is 1.21. The Morgan fingerprint density at radius 2 is 1.94 bits per heavy atom. The summed E-state index contributed by atoms with van der Waals surface area (Å²) in [4.78, 5) is 24.0. The molecule has 0 aliphatic heterocycles. The first-order valence-corrected chi connectivity index (χ1v) is 12.6. The van der Waals surface area contributed by atoms with E-state index in [-0.39, 0.29) is 29.3 Å². The molecule has 0 radical (unpaired) electrons. The van der Waals surface area contributed by atoms with Gasteiger partial charge in [-0.05, 0) is 105 Å². The molecule has 0 aromatic carbocycles. The summed E-state index contributed by atoms with van der Waals surface area (Å²) >= 11 is 0. The highest BCUT2D eigenvalue weighted by Crippen LogP contribution is 2.74. The van der Waals surface area contributed by atoms with Gasteiger partial charge in [0.25, 0.3) is 0 Å². The minimum Gasteiger partial charge on any atom is -0.390 e. The molecule has 174 valence electrons. The second kappa shape index (κ2) is 6.87. The first-order valence-electron chi connectivity index (χ1n) is 12.6. The fraction of sp³-hybridized carbons (Fsp3) is 0.840. The highest BCUT2D eigenvalue weighted by Gasteiger charge is 2.70. The largest absolute Gasteiger partial charge is 0.390 e. The number of hydrogen-bond acceptors (Lipinski definition) is 5. The lowest BCUT2D eigenvalue weighted by molar-refractivity contribution is -0.385. The SMILES string of the molecule is C[C@@]1(O)CC[C@H]2[C@H](CC[C@@H]3[C@@H]2CC[C@@]2(C)[C@H]3[C@@H]3C[C@@H]3[C@@H]2C(=O)Cn2cc([N+](=O)[O-])cn2)C1. The van der Waals surface area contributed by atoms with Crippen molar-refractivity contribution < 1.29 is 14.8 Å². The van der Waals surface area contributed by atoms with Crippen LogP contribution in [0.15, 0.2) is 12.4 Å². The molecule has 5 saturated carbocycles. The standard InChI is InChI=1S/C25H35N3O4/c1-24(30)7-5-16-14(10-24)3-4-18-17(16)6-8-25(2)22(18)19-9-20(19)23(25)21(29)13-27-12-15(11-26-27)28(31)32/h11-12,14,16-20,22-23,30H,3-10,13H2,1-2H3/t14-,16+,17-,18-,19-,20+,22-,23-,24-,25+/m1/s1. The summed E-state index contributed by atoms with van der Waals surface area (Å²) < 4.78 is 1.46. The number of aromatic nitrogens is 2. The number of nitro groups is 1. The highest BCUT2D eigenvalue weighted by molar-refractivity contribution is 5.83. The van der Waals surface area contributed by atoms with Gasteiger partial charge in [-0.1, -0.05) is 6.92 Å². The van der Waals surface area contributed by atoms with Crippen LogP contribution in [0, 0.1) is 62.9 Å². The van der Waals surface area contributed by atoms with Crippen LogP contribution in [0.1, 0.15) is 65.2 Å². The van der Waals surface area contributed by atoms with E-state index in [1.807, 2.05) is 6.92 Å². The molecule has 1 aromatic heterocycles. The summed E-state index contributed by atoms with van der Waals surface area (Å²) in [6, 6.07) is 0. The van der Waals surface area contributed by atoms with Crippen molar-refractivity contribution in [2.75, 3.05) is 0 Å². The van der Waals surface area contributed by atoms with Crippen molar-refractivity contribution in [3.8, 4) is 0 Å². The number of hydrogen-bond donors (Lipinski definition) is 1. The molecule has 1 N–H and O–H groups in total. The molecule has 1 heterocycles. The van der Waals surface area contributed by atoms with Crippen LogP contribution < -0.4 is 0 Å². The third-order valence-electron chi connectivity index (χ3n) is 10.5. The summed E-state index contributed by atoms with van der Waals surface area (Å²) in [6.45, 7) is 4.55. The van der Waals surface area contributed by atoms with E-state index in [1.54, 1.807) is 0 Å². The minimum atomic E-state index is -0.481. The number of ketones is 1. The molecule has 0 saturated heterocycles. The van der Waals surface area contributed by atoms with Gasteiger partial charge in [-0.15, -0.1) is 0 Å². The summed E-state index contributed by atoms with van der Waals surface area (Å²) in [5.74, 6) is 5.08. The molecular formula is C25H35N3O4. The van der Waals surface area contributed by atoms with Gasteiger partial charge in [0.2, 0.25) is 0 Å². The van der Waals surface area contributed by atoms with Crippen LogP contribution in [0.5, 0.6) is 0 Å². The Hall–Kier alpha value is -1.76. The van der Waals surface area contributed by atoms with E-state index in [9.17, 15) is 20.0 Å². The zero-order valence-electron chi connectivity index (χ0n) is 19.2. The van der Waals surface area contributed by atoms with Crippen molar-refractivity contribution in [1.82, 2.24) is 9.78 Å². The Bertz CT molecular complexity index is 957. The second-order valence-electron chi connectivity index (χ2n) is 12.3. The number of carbonyl (C=O) groups is 1. The number of carbonyl (C=O) groups excluding carboxylic acids is 1. The number of Topliss-reactive ketones (excluding diaryl/α,β-unsaturated/α-hetero) is 1. The van der Waals surface area contributed by atoms with E-state index < -0.39 is 10.5 Å². The topological polar surface area (TPSA) is 98.3 Å². The van der Waals surface area contributed by atoms with Gasteiger partial charge in [0, 0.05) is 5.92 Å². The van der Waals surface area contributed by atoms with Crippen LogP contribution in [-0.2, 0) is 11.3 Å². The number of aliphatic hydroxyl groups is 1. The van der Waals surface area contributed by atoms with Gasteiger partial charge in [-0.2, -0.15) is 5.10 Å². The maximum atomic E-state index is 13.5. The number of nitrogens with zero attached hydrogens (tertiary/aromatic N) is 3. The van der Waals surface area contributed by atoms with Gasteiger partial charge in [0.05, 0.1) is 10.5 Å². The quantitative estimate of drug-likeness (QED) is 0.557. The molecule has 7 nitrogen and oxygen atoms in total. The molecule has 10 atom stereocenters. The lowest BCUT2D eigenvalue weighted by Crippen LogP contribution is -2.52. The Morgan fingerprint density at radius 1 is 1.16 bits per heavy atom. The molecule has 0 bridgehead atoms. The van der Waals surface area contributed by atoms with Gasteiger partial charge >= 0.3 is 5.69 Å². The van der Waals surface area contributed by atoms with E-state index >= 15 is 0 Å². The molecule has 7 heteroatoms. The highest BCUT2D eigenvalue weighted by atomic mass is 16.6. The van der Waals surface area contributed by atoms with Crippen LogP contribution in [-0.4, -0.2) is 31.2 Å². The third-order valence-corrected chi connectivity index (χ3v) is 10.5. The zero-order chi connectivity index (χ0) is 22.4. The Morgan fingerprint density at radius 3 is 2.69 bits per heavy atom. The van der Waals surface area contributed by atoms with Crippen molar-refractivity contribution in [2.24, 2.45) is 52.8 Å². The Kier molecular flexibility index (Phi) is 4.47. The van der Waals surface area contributed by atoms with E-state index in [2.05, 4.69) is 12.0 Å². The minimum absolute atomic E-state index is 0.0543. The molecule has 0 spiro atoms. The van der Waals surface area contributed by atoms with Gasteiger partial charge in [-0.25, -0.2) is 0 Å². The summed E-state index contributed by atoms with van der Waals surface area (Å²) in [6.07, 6.45) is 11.7. The van der Waals surface area contributed by atoms with Crippen molar-refractivity contribution in [3.63, 3.8) is 0 Å². The average Bonchev–Trinajstić information content (AvgIpc) is 3.21. The molecular weight excluding hydrogens is 406 g/mol. The van der Waals surface area contributed by atoms with E-state index in [4.69, 9.17) is 0 Å². The van der Waals surface area contributed by atoms with Crippen molar-refractivity contribution in [3.05, 3.63) is 22.5 Å². The molecule has 0 unspecified atom stereocenters. The molecule has 5 aliphatic carbocycles. The lowest BCUT2D eigenvalue weighted by atomic mass is 9.48. The molecule has 5 aliphatic rings. The first-order chi connectivity index (χ1) is 15.2. The zero-order valence-corrected chi connectivity index (χ0v) is 19.2. The molecule has 6 rings (SSSR count). The van der Waals surface area contributed by atoms with Gasteiger partial charge < -0.3 is 5.11 Å². The lowest BCUT2D eigenvalue weighted by Gasteiger charge is -2.57. The Labute approximate surface area is 189 Å². The van der Waals surface area contributed by atoms with Crippen LogP contribution in [0.3, 0.4) is 0 Å². The molecule has 5 fully saturated rings. The second-order valence-corrected chi connectivity index (χ2v) is 12.3. The van der Waals surface area contributed by atoms with E-state index in [1.165, 1.54) is 42.8 Å². The maximum Gasteiger partial charge on any atom is 0.307 e. The number of rotatable bonds is 4. The van der Waals surface area contributed by atoms with Gasteiger partial charge in [0.15, 0.2) is 5.78 Å². The first kappa shape index (κ1) is 20.8. The third kappa shape index (κ3) is 3.02. The maximum absolute atomic E-state index is 13.5. The van der Waals surface area contributed by atoms with Gasteiger partial charge in [0.1, 0.15) is 18.9 Å². The van der Waals surface area contributed by atoms with Gasteiger partial charge in [-0.3, -0.25) is 19.6 Å². The van der Waals surface area contributed by atoms with E-state index in [0.29, 0.717) is 23.7 Å². The molecule has 0 amide bonds. The predicted octanol–water partition coefficient (Wildman–Crippen LogP) is 4.24. The normalized spacial score (nSPS) is 48.8. The summed E-state index contributed by atoms with van der Waals surface area (Å²) in [5, 5.41) is 25.7. The molecule has 1 aromatic rings. The molecule has 32 heavy (non-hydrogen) atoms. The van der Waals surface area contributed by atoms with Crippen molar-refractivity contribution in [1.29, 1.82) is 0 Å². The smallest absolute Gasteiger partial charge is 0.307 e. The van der Waals surface area contributed by atoms with Crippen LogP contribution in [0.2, 0.25) is 0 Å². The summed E-state index contributed by atoms with van der Waals surface area (Å²) in [5.41, 5.74) is -0.468. The van der Waals surface area contributed by atoms with E-state index in [0.717, 1.165) is 43.4 Å². The summed E-state index contributed by atoms with van der Waals surface area (Å²) in [7, 11) is 0. The fourth-order valence-corrected chi connectivity index (χ4v) is 9.45.